The maximum Gasteiger partial charge on any atom is 0.243 e. The van der Waals surface area contributed by atoms with Crippen molar-refractivity contribution in [2.45, 2.75) is 76.2 Å². The van der Waals surface area contributed by atoms with Crippen molar-refractivity contribution in [2.24, 2.45) is 5.73 Å². The first kappa shape index (κ1) is 22.8. The van der Waals surface area contributed by atoms with Gasteiger partial charge < -0.3 is 5.73 Å². The Hall–Kier alpha value is -1.50. The Balaban J connectivity index is 2.42. The molecule has 2 aromatic rings. The van der Waals surface area contributed by atoms with Crippen LogP contribution in [0.2, 0.25) is 0 Å². The van der Waals surface area contributed by atoms with Crippen LogP contribution < -0.4 is 5.73 Å². The predicted molar refractivity (Wildman–Crippen MR) is 117 cm³/mol. The highest BCUT2D eigenvalue weighted by Gasteiger charge is 2.31. The average molecular weight is 406 g/mol. The summed E-state index contributed by atoms with van der Waals surface area (Å²) in [6.07, 6.45) is 11.1. The number of aromatic nitrogens is 1. The molecule has 2 N–H and O–H groups in total. The number of hydrogen-bond donors (Lipinski definition) is 1. The van der Waals surface area contributed by atoms with E-state index in [1.807, 2.05) is 6.07 Å². The maximum atomic E-state index is 13.8. The molecular formula is C22H35N3O2S. The van der Waals surface area contributed by atoms with E-state index in [2.05, 4.69) is 18.8 Å². The molecule has 2 rings (SSSR count). The smallest absolute Gasteiger partial charge is 0.243 e. The third kappa shape index (κ3) is 5.75. The number of nitrogens with two attached hydrogens (primary N) is 1. The second-order valence-electron chi connectivity index (χ2n) is 7.40. The van der Waals surface area contributed by atoms with E-state index in [0.29, 0.717) is 18.0 Å². The summed E-state index contributed by atoms with van der Waals surface area (Å²) >= 11 is 0. The molecule has 0 saturated heterocycles. The first-order valence-electron chi connectivity index (χ1n) is 10.6. The number of fused-ring (bicyclic) bond motifs is 1. The standard InChI is InChI=1S/C22H35N3O2S/c1-3-5-6-7-17-25(20(10-4-2)12-9-15-23)28(26,27)22-13-8-11-19-18-24-16-14-21(19)22/h8,11,13-14,16,18,20H,3-7,9-10,12,15,17,23H2,1-2H3. The second kappa shape index (κ2) is 11.5. The van der Waals surface area contributed by atoms with Crippen molar-refractivity contribution in [1.29, 1.82) is 0 Å². The fourth-order valence-electron chi connectivity index (χ4n) is 3.76. The minimum atomic E-state index is -3.60. The monoisotopic (exact) mass is 405 g/mol. The van der Waals surface area contributed by atoms with E-state index < -0.39 is 10.0 Å². The van der Waals surface area contributed by atoms with Crippen molar-refractivity contribution < 1.29 is 8.42 Å². The van der Waals surface area contributed by atoms with Crippen LogP contribution in [-0.4, -0.2) is 36.8 Å². The van der Waals surface area contributed by atoms with E-state index in [0.717, 1.165) is 62.1 Å². The van der Waals surface area contributed by atoms with Gasteiger partial charge in [-0.3, -0.25) is 4.98 Å². The topological polar surface area (TPSA) is 76.3 Å². The van der Waals surface area contributed by atoms with E-state index in [9.17, 15) is 8.42 Å². The van der Waals surface area contributed by atoms with Crippen LogP contribution in [0.15, 0.2) is 41.6 Å². The Bertz CT molecular complexity index is 818. The van der Waals surface area contributed by atoms with E-state index in [1.54, 1.807) is 34.9 Å². The summed E-state index contributed by atoms with van der Waals surface area (Å²) in [6.45, 7) is 5.43. The lowest BCUT2D eigenvalue weighted by atomic mass is 10.1. The Labute approximate surface area is 170 Å². The Morgan fingerprint density at radius 2 is 1.86 bits per heavy atom. The fraction of sp³-hybridized carbons (Fsp3) is 0.591. The molecule has 0 aliphatic heterocycles. The SMILES string of the molecule is CCCCCCN(C(CCC)CCCN)S(=O)(=O)c1cccc2cnccc12. The van der Waals surface area contributed by atoms with Crippen molar-refractivity contribution in [1.82, 2.24) is 9.29 Å². The molecule has 0 spiro atoms. The summed E-state index contributed by atoms with van der Waals surface area (Å²) in [6, 6.07) is 7.23. The normalized spacial score (nSPS) is 13.3. The van der Waals surface area contributed by atoms with Crippen molar-refractivity contribution in [3.05, 3.63) is 36.7 Å². The molecule has 0 saturated carbocycles. The molecule has 1 heterocycles. The number of rotatable bonds is 13. The summed E-state index contributed by atoms with van der Waals surface area (Å²) in [7, 11) is -3.60. The summed E-state index contributed by atoms with van der Waals surface area (Å²) in [5, 5.41) is 1.59. The predicted octanol–water partition coefficient (Wildman–Crippen LogP) is 4.71. The average Bonchev–Trinajstić information content (AvgIpc) is 2.71. The summed E-state index contributed by atoms with van der Waals surface area (Å²) in [4.78, 5) is 4.52. The van der Waals surface area contributed by atoms with Gasteiger partial charge in [-0.2, -0.15) is 4.31 Å². The molecule has 0 aliphatic rings. The quantitative estimate of drug-likeness (QED) is 0.490. The Morgan fingerprint density at radius 3 is 2.57 bits per heavy atom. The van der Waals surface area contributed by atoms with Crippen LogP contribution in [0.25, 0.3) is 10.8 Å². The third-order valence-electron chi connectivity index (χ3n) is 5.23. The number of nitrogens with zero attached hydrogens (tertiary/aromatic N) is 2. The van der Waals surface area contributed by atoms with Crippen LogP contribution in [0, 0.1) is 0 Å². The highest BCUT2D eigenvalue weighted by molar-refractivity contribution is 7.89. The van der Waals surface area contributed by atoms with Gasteiger partial charge >= 0.3 is 0 Å². The zero-order valence-corrected chi connectivity index (χ0v) is 18.1. The molecule has 6 heteroatoms. The zero-order valence-electron chi connectivity index (χ0n) is 17.3. The van der Waals surface area contributed by atoms with Gasteiger partial charge in [0, 0.05) is 35.8 Å². The minimum absolute atomic E-state index is 0.00253. The van der Waals surface area contributed by atoms with Crippen molar-refractivity contribution >= 4 is 20.8 Å². The van der Waals surface area contributed by atoms with Crippen LogP contribution >= 0.6 is 0 Å². The molecule has 0 amide bonds. The van der Waals surface area contributed by atoms with Gasteiger partial charge in [0.05, 0.1) is 4.90 Å². The van der Waals surface area contributed by atoms with Gasteiger partial charge in [0.1, 0.15) is 0 Å². The lowest BCUT2D eigenvalue weighted by molar-refractivity contribution is 0.279. The van der Waals surface area contributed by atoms with Crippen molar-refractivity contribution in [3.63, 3.8) is 0 Å². The summed E-state index contributed by atoms with van der Waals surface area (Å²) < 4.78 is 29.3. The van der Waals surface area contributed by atoms with Crippen LogP contribution in [0.5, 0.6) is 0 Å². The molecule has 1 aromatic carbocycles. The summed E-state index contributed by atoms with van der Waals surface area (Å²) in [5.41, 5.74) is 5.73. The van der Waals surface area contributed by atoms with E-state index >= 15 is 0 Å². The van der Waals surface area contributed by atoms with Crippen molar-refractivity contribution in [3.8, 4) is 0 Å². The molecule has 1 atom stereocenters. The molecule has 0 fully saturated rings. The van der Waals surface area contributed by atoms with Gasteiger partial charge in [-0.1, -0.05) is 51.7 Å². The molecular weight excluding hydrogens is 370 g/mol. The number of sulfonamides is 1. The number of hydrogen-bond acceptors (Lipinski definition) is 4. The first-order chi connectivity index (χ1) is 13.6. The fourth-order valence-corrected chi connectivity index (χ4v) is 5.70. The van der Waals surface area contributed by atoms with Crippen molar-refractivity contribution in [2.75, 3.05) is 13.1 Å². The van der Waals surface area contributed by atoms with Crippen LogP contribution in [-0.2, 0) is 10.0 Å². The van der Waals surface area contributed by atoms with Gasteiger partial charge in [0.15, 0.2) is 0 Å². The molecule has 5 nitrogen and oxygen atoms in total. The summed E-state index contributed by atoms with van der Waals surface area (Å²) in [5.74, 6) is 0. The Kier molecular flexibility index (Phi) is 9.35. The highest BCUT2D eigenvalue weighted by atomic mass is 32.2. The third-order valence-corrected chi connectivity index (χ3v) is 7.24. The van der Waals surface area contributed by atoms with Gasteiger partial charge in [0.2, 0.25) is 10.0 Å². The van der Waals surface area contributed by atoms with Gasteiger partial charge in [0.25, 0.3) is 0 Å². The largest absolute Gasteiger partial charge is 0.330 e. The number of pyridine rings is 1. The molecule has 1 unspecified atom stereocenters. The van der Waals surface area contributed by atoms with E-state index in [1.165, 1.54) is 0 Å². The first-order valence-corrected chi connectivity index (χ1v) is 12.0. The highest BCUT2D eigenvalue weighted by Crippen LogP contribution is 2.29. The van der Waals surface area contributed by atoms with E-state index in [-0.39, 0.29) is 6.04 Å². The Morgan fingerprint density at radius 1 is 1.04 bits per heavy atom. The molecule has 0 radical (unpaired) electrons. The lowest BCUT2D eigenvalue weighted by Gasteiger charge is -2.31. The number of benzene rings is 1. The van der Waals surface area contributed by atoms with Gasteiger partial charge in [-0.15, -0.1) is 0 Å². The van der Waals surface area contributed by atoms with Crippen LogP contribution in [0.4, 0.5) is 0 Å². The van der Waals surface area contributed by atoms with Gasteiger partial charge in [-0.25, -0.2) is 8.42 Å². The second-order valence-corrected chi connectivity index (χ2v) is 9.26. The molecule has 1 aromatic heterocycles. The maximum absolute atomic E-state index is 13.8. The van der Waals surface area contributed by atoms with E-state index in [4.69, 9.17) is 5.73 Å². The zero-order chi connectivity index (χ0) is 20.4. The number of unbranched alkanes of at least 4 members (excludes halogenated alkanes) is 3. The molecule has 156 valence electrons. The minimum Gasteiger partial charge on any atom is -0.330 e. The van der Waals surface area contributed by atoms with Gasteiger partial charge in [-0.05, 0) is 44.4 Å². The lowest BCUT2D eigenvalue weighted by Crippen LogP contribution is -2.41. The molecule has 0 aliphatic carbocycles. The molecule has 0 bridgehead atoms. The van der Waals surface area contributed by atoms with Crippen LogP contribution in [0.1, 0.15) is 65.2 Å². The van der Waals surface area contributed by atoms with Crippen LogP contribution in [0.3, 0.4) is 0 Å². The molecule has 28 heavy (non-hydrogen) atoms.